The molecule has 0 aliphatic heterocycles. The Labute approximate surface area is 208 Å². The number of anilines is 2. The van der Waals surface area contributed by atoms with E-state index >= 15 is 0 Å². The highest BCUT2D eigenvalue weighted by Crippen LogP contribution is 2.26. The van der Waals surface area contributed by atoms with Crippen LogP contribution in [0.15, 0.2) is 83.8 Å². The van der Waals surface area contributed by atoms with Gasteiger partial charge in [0, 0.05) is 25.3 Å². The van der Waals surface area contributed by atoms with Crippen LogP contribution in [0.25, 0.3) is 0 Å². The van der Waals surface area contributed by atoms with Gasteiger partial charge in [0.05, 0.1) is 17.2 Å². The van der Waals surface area contributed by atoms with Crippen molar-refractivity contribution < 1.29 is 17.9 Å². The van der Waals surface area contributed by atoms with E-state index in [2.05, 4.69) is 24.1 Å². The first-order valence-electron chi connectivity index (χ1n) is 11.8. The number of hydrogen-bond acceptors (Lipinski definition) is 5. The molecule has 0 unspecified atom stereocenters. The van der Waals surface area contributed by atoms with Crippen LogP contribution in [0.1, 0.15) is 26.3 Å². The van der Waals surface area contributed by atoms with Gasteiger partial charge in [0.25, 0.3) is 10.0 Å². The first-order valence-corrected chi connectivity index (χ1v) is 13.2. The molecule has 0 saturated heterocycles. The molecular weight excluding hydrogens is 462 g/mol. The quantitative estimate of drug-likeness (QED) is 0.402. The summed E-state index contributed by atoms with van der Waals surface area (Å²) in [6.07, 6.45) is 0. The molecule has 3 aromatic carbocycles. The van der Waals surface area contributed by atoms with Crippen molar-refractivity contribution in [3.8, 4) is 5.75 Å². The van der Waals surface area contributed by atoms with Crippen LogP contribution in [0.5, 0.6) is 5.75 Å². The van der Waals surface area contributed by atoms with Crippen molar-refractivity contribution in [2.45, 2.75) is 32.2 Å². The van der Waals surface area contributed by atoms with E-state index in [-0.39, 0.29) is 11.4 Å². The van der Waals surface area contributed by atoms with Crippen LogP contribution in [0.3, 0.4) is 0 Å². The van der Waals surface area contributed by atoms with E-state index in [1.54, 1.807) is 42.5 Å². The predicted molar refractivity (Wildman–Crippen MR) is 140 cm³/mol. The minimum atomic E-state index is -3.95. The van der Waals surface area contributed by atoms with E-state index in [9.17, 15) is 13.2 Å². The molecule has 0 aromatic heterocycles. The predicted octanol–water partition coefficient (Wildman–Crippen LogP) is 4.44. The number of rotatable bonds is 12. The third-order valence-corrected chi connectivity index (χ3v) is 7.40. The minimum Gasteiger partial charge on any atom is -0.494 e. The number of ether oxygens (including phenoxy) is 1. The van der Waals surface area contributed by atoms with E-state index in [1.807, 2.05) is 31.2 Å². The lowest BCUT2D eigenvalue weighted by molar-refractivity contribution is -0.119. The number of nitrogens with zero attached hydrogens (tertiary/aromatic N) is 2. The number of carbonyl (C=O) groups excluding carboxylic acids is 1. The molecule has 35 heavy (non-hydrogen) atoms. The van der Waals surface area contributed by atoms with E-state index in [1.165, 1.54) is 12.1 Å². The van der Waals surface area contributed by atoms with Crippen LogP contribution in [0, 0.1) is 0 Å². The Morgan fingerprint density at radius 1 is 0.829 bits per heavy atom. The number of sulfonamides is 1. The second-order valence-electron chi connectivity index (χ2n) is 7.87. The third-order valence-electron chi connectivity index (χ3n) is 5.61. The Kier molecular flexibility index (Phi) is 9.14. The van der Waals surface area contributed by atoms with Crippen LogP contribution < -0.4 is 19.3 Å². The van der Waals surface area contributed by atoms with Gasteiger partial charge in [-0.05, 0) is 74.9 Å². The summed E-state index contributed by atoms with van der Waals surface area (Å²) in [7, 11) is -3.95. The van der Waals surface area contributed by atoms with Gasteiger partial charge in [0.15, 0.2) is 0 Å². The molecule has 8 heteroatoms. The molecule has 3 rings (SSSR count). The van der Waals surface area contributed by atoms with Gasteiger partial charge in [-0.2, -0.15) is 0 Å². The zero-order valence-electron chi connectivity index (χ0n) is 20.5. The standard InChI is InChI=1S/C27H33N3O4S/c1-4-29(5-2)23-14-12-22(13-15-23)20-28-27(31)21-30(24-16-18-25(19-17-24)34-6-3)35(32,33)26-10-8-7-9-11-26/h7-19H,4-6,20-21H2,1-3H3,(H,28,31). The molecule has 3 aromatic rings. The lowest BCUT2D eigenvalue weighted by Crippen LogP contribution is -2.40. The van der Waals surface area contributed by atoms with Gasteiger partial charge >= 0.3 is 0 Å². The van der Waals surface area contributed by atoms with Crippen LogP contribution >= 0.6 is 0 Å². The molecule has 0 aliphatic rings. The molecule has 0 atom stereocenters. The van der Waals surface area contributed by atoms with Crippen molar-refractivity contribution in [3.63, 3.8) is 0 Å². The molecule has 0 spiro atoms. The topological polar surface area (TPSA) is 79.0 Å². The molecule has 1 amide bonds. The fourth-order valence-corrected chi connectivity index (χ4v) is 5.15. The molecule has 0 fully saturated rings. The average molecular weight is 496 g/mol. The van der Waals surface area contributed by atoms with Crippen LogP contribution in [0.2, 0.25) is 0 Å². The van der Waals surface area contributed by atoms with Crippen molar-refractivity contribution in [1.29, 1.82) is 0 Å². The normalized spacial score (nSPS) is 11.1. The number of carbonyl (C=O) groups is 1. The zero-order chi connectivity index (χ0) is 25.3. The zero-order valence-corrected chi connectivity index (χ0v) is 21.3. The summed E-state index contributed by atoms with van der Waals surface area (Å²) in [5, 5.41) is 2.85. The first kappa shape index (κ1) is 26.1. The van der Waals surface area contributed by atoms with Crippen LogP contribution in [-0.4, -0.2) is 40.6 Å². The number of hydrogen-bond donors (Lipinski definition) is 1. The van der Waals surface area contributed by atoms with Gasteiger partial charge in [0.2, 0.25) is 5.91 Å². The smallest absolute Gasteiger partial charge is 0.264 e. The molecule has 0 radical (unpaired) electrons. The molecule has 0 aliphatic carbocycles. The molecule has 0 saturated carbocycles. The maximum Gasteiger partial charge on any atom is 0.264 e. The highest BCUT2D eigenvalue weighted by molar-refractivity contribution is 7.92. The highest BCUT2D eigenvalue weighted by Gasteiger charge is 2.27. The van der Waals surface area contributed by atoms with E-state index in [0.29, 0.717) is 24.6 Å². The van der Waals surface area contributed by atoms with Crippen molar-refractivity contribution >= 4 is 27.3 Å². The SMILES string of the molecule is CCOc1ccc(N(CC(=O)NCc2ccc(N(CC)CC)cc2)S(=O)(=O)c2ccccc2)cc1. The van der Waals surface area contributed by atoms with Gasteiger partial charge in [-0.3, -0.25) is 9.10 Å². The molecule has 1 N–H and O–H groups in total. The molecular formula is C27H33N3O4S. The summed E-state index contributed by atoms with van der Waals surface area (Å²) in [5.41, 5.74) is 2.45. The minimum absolute atomic E-state index is 0.119. The van der Waals surface area contributed by atoms with Gasteiger partial charge in [-0.1, -0.05) is 30.3 Å². The maximum atomic E-state index is 13.4. The second-order valence-corrected chi connectivity index (χ2v) is 9.73. The van der Waals surface area contributed by atoms with Crippen molar-refractivity contribution in [2.24, 2.45) is 0 Å². The highest BCUT2D eigenvalue weighted by atomic mass is 32.2. The lowest BCUT2D eigenvalue weighted by atomic mass is 10.2. The Morgan fingerprint density at radius 2 is 1.43 bits per heavy atom. The Morgan fingerprint density at radius 3 is 2.00 bits per heavy atom. The van der Waals surface area contributed by atoms with E-state index < -0.39 is 15.9 Å². The Bertz CT molecular complexity index is 1180. The van der Waals surface area contributed by atoms with Crippen LogP contribution in [-0.2, 0) is 21.4 Å². The fraction of sp³-hybridized carbons (Fsp3) is 0.296. The number of amides is 1. The third kappa shape index (κ3) is 6.76. The fourth-order valence-electron chi connectivity index (χ4n) is 3.71. The summed E-state index contributed by atoms with van der Waals surface area (Å²) in [5.74, 6) is 0.233. The summed E-state index contributed by atoms with van der Waals surface area (Å²) in [4.78, 5) is 15.2. The Hall–Kier alpha value is -3.52. The lowest BCUT2D eigenvalue weighted by Gasteiger charge is -2.24. The molecule has 0 heterocycles. The maximum absolute atomic E-state index is 13.4. The van der Waals surface area contributed by atoms with Crippen molar-refractivity contribution in [3.05, 3.63) is 84.4 Å². The number of benzene rings is 3. The summed E-state index contributed by atoms with van der Waals surface area (Å²) >= 11 is 0. The molecule has 186 valence electrons. The number of nitrogens with one attached hydrogen (secondary N) is 1. The van der Waals surface area contributed by atoms with Gasteiger partial charge in [-0.15, -0.1) is 0 Å². The first-order chi connectivity index (χ1) is 16.9. The van der Waals surface area contributed by atoms with Gasteiger partial charge in [-0.25, -0.2) is 8.42 Å². The summed E-state index contributed by atoms with van der Waals surface area (Å²) in [6.45, 7) is 8.40. The van der Waals surface area contributed by atoms with Gasteiger partial charge < -0.3 is 15.0 Å². The van der Waals surface area contributed by atoms with E-state index in [4.69, 9.17) is 4.74 Å². The largest absolute Gasteiger partial charge is 0.494 e. The van der Waals surface area contributed by atoms with Crippen molar-refractivity contribution in [1.82, 2.24) is 5.32 Å². The molecule has 0 bridgehead atoms. The van der Waals surface area contributed by atoms with Crippen LogP contribution in [0.4, 0.5) is 11.4 Å². The Balaban J connectivity index is 1.76. The van der Waals surface area contributed by atoms with Gasteiger partial charge in [0.1, 0.15) is 12.3 Å². The monoisotopic (exact) mass is 495 g/mol. The average Bonchev–Trinajstić information content (AvgIpc) is 2.89. The second kappa shape index (κ2) is 12.3. The summed E-state index contributed by atoms with van der Waals surface area (Å²) < 4.78 is 33.4. The summed E-state index contributed by atoms with van der Waals surface area (Å²) in [6, 6.07) is 22.8. The van der Waals surface area contributed by atoms with E-state index in [0.717, 1.165) is 28.6 Å². The molecule has 7 nitrogen and oxygen atoms in total. The van der Waals surface area contributed by atoms with Crippen molar-refractivity contribution in [2.75, 3.05) is 35.4 Å².